The molecule has 0 amide bonds. The van der Waals surface area contributed by atoms with Crippen LogP contribution in [-0.4, -0.2) is 51.7 Å². The van der Waals surface area contributed by atoms with Crippen molar-refractivity contribution in [1.82, 2.24) is 5.32 Å². The third-order valence-corrected chi connectivity index (χ3v) is 2.74. The maximum Gasteiger partial charge on any atom is 0.168 e. The Morgan fingerprint density at radius 1 is 1.18 bits per heavy atom. The molecule has 0 bridgehead atoms. The van der Waals surface area contributed by atoms with Gasteiger partial charge in [0.05, 0.1) is 32.1 Å². The van der Waals surface area contributed by atoms with Crippen LogP contribution in [0.1, 0.15) is 23.7 Å². The molecule has 0 aromatic heterocycles. The van der Waals surface area contributed by atoms with Gasteiger partial charge in [-0.15, -0.1) is 0 Å². The fourth-order valence-corrected chi connectivity index (χ4v) is 1.62. The van der Waals surface area contributed by atoms with Gasteiger partial charge in [0.2, 0.25) is 0 Å². The van der Waals surface area contributed by atoms with Crippen molar-refractivity contribution in [3.8, 4) is 0 Å². The molecule has 122 valence electrons. The van der Waals surface area contributed by atoms with Crippen LogP contribution in [0.3, 0.4) is 0 Å². The predicted octanol–water partition coefficient (Wildman–Crippen LogP) is 1.86. The number of methoxy groups -OCH3 is 1. The number of nitrogens with one attached hydrogen (secondary N) is 1. The van der Waals surface area contributed by atoms with Crippen LogP contribution in [-0.2, 0) is 14.3 Å². The number of hydrogen-bond acceptors (Lipinski definition) is 6. The molecule has 0 saturated carbocycles. The molecule has 6 heteroatoms. The van der Waals surface area contributed by atoms with E-state index >= 15 is 0 Å². The highest BCUT2D eigenvalue weighted by molar-refractivity contribution is 6.08. The number of Topliss-reactive ketones (excluding diaryl/α,β-unsaturated/α-hetero) is 1. The lowest BCUT2D eigenvalue weighted by atomic mass is 10.1. The van der Waals surface area contributed by atoms with Crippen molar-refractivity contribution in [2.45, 2.75) is 13.3 Å². The number of hydrogen-bond donors (Lipinski definition) is 1. The van der Waals surface area contributed by atoms with Crippen molar-refractivity contribution in [1.29, 1.82) is 0 Å². The molecular formula is C16H24N2O4. The molecule has 1 aromatic carbocycles. The van der Waals surface area contributed by atoms with Crippen LogP contribution in [0, 0.1) is 0 Å². The third-order valence-electron chi connectivity index (χ3n) is 2.74. The highest BCUT2D eigenvalue weighted by atomic mass is 16.6. The predicted molar refractivity (Wildman–Crippen MR) is 85.1 cm³/mol. The molecule has 0 spiro atoms. The van der Waals surface area contributed by atoms with Gasteiger partial charge in [0, 0.05) is 19.2 Å². The molecule has 0 aliphatic heterocycles. The summed E-state index contributed by atoms with van der Waals surface area (Å²) >= 11 is 0. The van der Waals surface area contributed by atoms with Gasteiger partial charge in [0.25, 0.3) is 0 Å². The maximum atomic E-state index is 11.9. The minimum atomic E-state index is 0.0371. The average Bonchev–Trinajstić information content (AvgIpc) is 2.54. The molecule has 1 rings (SSSR count). The summed E-state index contributed by atoms with van der Waals surface area (Å²) < 4.78 is 10.1. The molecule has 22 heavy (non-hydrogen) atoms. The Labute approximate surface area is 131 Å². The third kappa shape index (κ3) is 8.51. The number of ether oxygens (including phenoxy) is 2. The van der Waals surface area contributed by atoms with Gasteiger partial charge in [-0.3, -0.25) is 10.1 Å². The Kier molecular flexibility index (Phi) is 9.85. The van der Waals surface area contributed by atoms with Crippen LogP contribution >= 0.6 is 0 Å². The molecule has 0 radical (unpaired) electrons. The zero-order valence-electron chi connectivity index (χ0n) is 13.2. The monoisotopic (exact) mass is 308 g/mol. The largest absolute Gasteiger partial charge is 0.394 e. The summed E-state index contributed by atoms with van der Waals surface area (Å²) in [5.41, 5.74) is 1.34. The summed E-state index contributed by atoms with van der Waals surface area (Å²) in [6.07, 6.45) is 0.261. The van der Waals surface area contributed by atoms with Crippen molar-refractivity contribution in [3.05, 3.63) is 35.9 Å². The van der Waals surface area contributed by atoms with Gasteiger partial charge in [0.1, 0.15) is 6.61 Å². The van der Waals surface area contributed by atoms with E-state index in [2.05, 4.69) is 10.5 Å². The summed E-state index contributed by atoms with van der Waals surface area (Å²) in [5.74, 6) is 0.0371. The second kappa shape index (κ2) is 11.9. The summed E-state index contributed by atoms with van der Waals surface area (Å²) in [5, 5.41) is 6.98. The van der Waals surface area contributed by atoms with Gasteiger partial charge in [-0.2, -0.15) is 0 Å². The lowest BCUT2D eigenvalue weighted by Gasteiger charge is -2.05. The Bertz CT molecular complexity index is 449. The number of carbonyl (C=O) groups is 1. The molecule has 0 atom stereocenters. The first-order valence-electron chi connectivity index (χ1n) is 7.25. The van der Waals surface area contributed by atoms with E-state index in [1.807, 2.05) is 18.2 Å². The zero-order chi connectivity index (χ0) is 16.0. The number of carbonyl (C=O) groups excluding carboxylic acids is 1. The molecule has 6 nitrogen and oxygen atoms in total. The van der Waals surface area contributed by atoms with E-state index < -0.39 is 0 Å². The first-order valence-corrected chi connectivity index (χ1v) is 7.25. The van der Waals surface area contributed by atoms with E-state index in [4.69, 9.17) is 14.3 Å². The smallest absolute Gasteiger partial charge is 0.168 e. The van der Waals surface area contributed by atoms with Crippen LogP contribution < -0.4 is 5.32 Å². The molecule has 0 aliphatic rings. The summed E-state index contributed by atoms with van der Waals surface area (Å²) in [6.45, 7) is 4.41. The number of oxime groups is 1. The van der Waals surface area contributed by atoms with Crippen LogP contribution in [0.25, 0.3) is 0 Å². The summed E-state index contributed by atoms with van der Waals surface area (Å²) in [4.78, 5) is 17.1. The summed E-state index contributed by atoms with van der Waals surface area (Å²) in [6, 6.07) is 9.16. The maximum absolute atomic E-state index is 11.9. The minimum Gasteiger partial charge on any atom is -0.394 e. The van der Waals surface area contributed by atoms with Crippen LogP contribution in [0.5, 0.6) is 0 Å². The van der Waals surface area contributed by atoms with E-state index in [1.54, 1.807) is 26.2 Å². The average molecular weight is 308 g/mol. The number of benzene rings is 1. The quantitative estimate of drug-likeness (QED) is 0.210. The molecule has 0 heterocycles. The highest BCUT2D eigenvalue weighted by Crippen LogP contribution is 2.04. The fraction of sp³-hybridized carbons (Fsp3) is 0.500. The van der Waals surface area contributed by atoms with E-state index in [9.17, 15) is 4.79 Å². The van der Waals surface area contributed by atoms with Crippen molar-refractivity contribution in [2.75, 3.05) is 40.2 Å². The van der Waals surface area contributed by atoms with Crippen molar-refractivity contribution in [2.24, 2.45) is 5.16 Å². The minimum absolute atomic E-state index is 0.0371. The number of ketones is 1. The van der Waals surface area contributed by atoms with Gasteiger partial charge in [-0.1, -0.05) is 35.5 Å². The Morgan fingerprint density at radius 3 is 2.68 bits per heavy atom. The second-order valence-corrected chi connectivity index (χ2v) is 4.67. The molecule has 0 aliphatic carbocycles. The van der Waals surface area contributed by atoms with Gasteiger partial charge >= 0.3 is 0 Å². The first kappa shape index (κ1) is 18.3. The number of nitrogens with zero attached hydrogens (tertiary/aromatic N) is 1. The Morgan fingerprint density at radius 2 is 1.95 bits per heavy atom. The molecule has 0 fully saturated rings. The molecule has 1 N–H and O–H groups in total. The highest BCUT2D eigenvalue weighted by Gasteiger charge is 2.06. The van der Waals surface area contributed by atoms with Crippen molar-refractivity contribution in [3.63, 3.8) is 0 Å². The fourth-order valence-electron chi connectivity index (χ4n) is 1.62. The van der Waals surface area contributed by atoms with Crippen LogP contribution in [0.4, 0.5) is 0 Å². The second-order valence-electron chi connectivity index (χ2n) is 4.67. The van der Waals surface area contributed by atoms with Crippen molar-refractivity contribution >= 4 is 11.5 Å². The molecule has 1 aromatic rings. The first-order chi connectivity index (χ1) is 10.7. The van der Waals surface area contributed by atoms with Gasteiger partial charge in [-0.05, 0) is 6.92 Å². The van der Waals surface area contributed by atoms with Crippen LogP contribution in [0.2, 0.25) is 0 Å². The van der Waals surface area contributed by atoms with Crippen LogP contribution in [0.15, 0.2) is 35.5 Å². The standard InChI is InChI=1S/C16H24N2O4/c1-14(12-16(19)15-6-4-3-5-7-15)18-22-9-8-17-13-21-11-10-20-2/h3-7,17H,8-13H2,1-2H3/b18-14+. The lowest BCUT2D eigenvalue weighted by molar-refractivity contribution is 0.0558. The lowest BCUT2D eigenvalue weighted by Crippen LogP contribution is -2.23. The Balaban J connectivity index is 2.09. The van der Waals surface area contributed by atoms with Gasteiger partial charge in [-0.25, -0.2) is 0 Å². The van der Waals surface area contributed by atoms with E-state index in [0.717, 1.165) is 0 Å². The topological polar surface area (TPSA) is 69.2 Å². The SMILES string of the molecule is COCCOCNCCO/N=C(\C)CC(=O)c1ccccc1. The molecule has 0 unspecified atom stereocenters. The molecule has 0 saturated heterocycles. The molecular weight excluding hydrogens is 284 g/mol. The van der Waals surface area contributed by atoms with E-state index in [1.165, 1.54) is 0 Å². The van der Waals surface area contributed by atoms with E-state index in [-0.39, 0.29) is 12.2 Å². The van der Waals surface area contributed by atoms with Crippen molar-refractivity contribution < 1.29 is 19.1 Å². The van der Waals surface area contributed by atoms with Gasteiger partial charge in [0.15, 0.2) is 5.78 Å². The number of rotatable bonds is 12. The zero-order valence-corrected chi connectivity index (χ0v) is 13.2. The normalized spacial score (nSPS) is 11.5. The summed E-state index contributed by atoms with van der Waals surface area (Å²) in [7, 11) is 1.63. The Hall–Kier alpha value is -1.76. The van der Waals surface area contributed by atoms with E-state index in [0.29, 0.717) is 44.4 Å². The van der Waals surface area contributed by atoms with Gasteiger partial charge < -0.3 is 14.3 Å².